The molecule has 7 nitrogen and oxygen atoms in total. The van der Waals surface area contributed by atoms with Crippen LogP contribution in [-0.2, 0) is 4.74 Å². The predicted molar refractivity (Wildman–Crippen MR) is 151 cm³/mol. The van der Waals surface area contributed by atoms with Crippen molar-refractivity contribution in [2.24, 2.45) is 5.92 Å². The average molecular weight is 511 g/mol. The van der Waals surface area contributed by atoms with Gasteiger partial charge in [0.15, 0.2) is 0 Å². The van der Waals surface area contributed by atoms with E-state index in [0.29, 0.717) is 17.7 Å². The van der Waals surface area contributed by atoms with Crippen LogP contribution in [0.5, 0.6) is 0 Å². The first-order chi connectivity index (χ1) is 18.5. The van der Waals surface area contributed by atoms with Gasteiger partial charge in [-0.1, -0.05) is 74.0 Å². The van der Waals surface area contributed by atoms with Gasteiger partial charge in [0, 0.05) is 41.0 Å². The van der Waals surface area contributed by atoms with E-state index >= 15 is 0 Å². The fourth-order valence-corrected chi connectivity index (χ4v) is 5.33. The molecule has 7 heteroatoms. The summed E-state index contributed by atoms with van der Waals surface area (Å²) < 4.78 is 9.45. The number of aromatic nitrogens is 4. The van der Waals surface area contributed by atoms with Crippen molar-refractivity contribution in [3.8, 4) is 11.4 Å². The fourth-order valence-electron chi connectivity index (χ4n) is 5.33. The summed E-state index contributed by atoms with van der Waals surface area (Å²) in [6, 6.07) is 19.0. The summed E-state index contributed by atoms with van der Waals surface area (Å²) in [4.78, 5) is 28.1. The Hall–Kier alpha value is -4.10. The van der Waals surface area contributed by atoms with Crippen LogP contribution in [0.15, 0.2) is 94.6 Å². The van der Waals surface area contributed by atoms with Gasteiger partial charge in [0.05, 0.1) is 17.5 Å². The molecule has 0 saturated carbocycles. The fraction of sp³-hybridized carbons (Fsp3) is 0.290. The highest BCUT2D eigenvalue weighted by molar-refractivity contribution is 5.43. The summed E-state index contributed by atoms with van der Waals surface area (Å²) in [7, 11) is 0. The Morgan fingerprint density at radius 2 is 1.29 bits per heavy atom. The Labute approximate surface area is 222 Å². The van der Waals surface area contributed by atoms with Crippen molar-refractivity contribution < 1.29 is 4.74 Å². The molecule has 0 radical (unpaired) electrons. The van der Waals surface area contributed by atoms with Gasteiger partial charge in [-0.05, 0) is 44.5 Å². The first-order valence-electron chi connectivity index (χ1n) is 13.2. The van der Waals surface area contributed by atoms with E-state index in [9.17, 15) is 9.59 Å². The Morgan fingerprint density at radius 3 is 1.79 bits per heavy atom. The van der Waals surface area contributed by atoms with Crippen LogP contribution in [0.1, 0.15) is 48.2 Å². The second-order valence-electron chi connectivity index (χ2n) is 9.77. The molecule has 0 unspecified atom stereocenters. The van der Waals surface area contributed by atoms with Crippen LogP contribution in [0.25, 0.3) is 11.4 Å². The third kappa shape index (κ3) is 4.77. The highest BCUT2D eigenvalue weighted by atomic mass is 16.5. The van der Waals surface area contributed by atoms with Crippen molar-refractivity contribution in [2.45, 2.75) is 45.6 Å². The van der Waals surface area contributed by atoms with Crippen molar-refractivity contribution in [3.05, 3.63) is 128 Å². The lowest BCUT2D eigenvalue weighted by Gasteiger charge is -2.31. The Kier molecular flexibility index (Phi) is 7.47. The normalized spacial score (nSPS) is 16.9. The Bertz CT molecular complexity index is 1460. The predicted octanol–water partition coefficient (Wildman–Crippen LogP) is 5.32. The van der Waals surface area contributed by atoms with Gasteiger partial charge in [-0.3, -0.25) is 19.8 Å². The van der Waals surface area contributed by atoms with Gasteiger partial charge in [-0.2, -0.15) is 0 Å². The molecule has 196 valence electrons. The van der Waals surface area contributed by atoms with Gasteiger partial charge in [-0.25, -0.2) is 9.36 Å². The minimum Gasteiger partial charge on any atom is -0.373 e. The molecule has 0 bridgehead atoms. The lowest BCUT2D eigenvalue weighted by atomic mass is 9.76. The summed E-state index contributed by atoms with van der Waals surface area (Å²) in [6.45, 7) is 6.54. The van der Waals surface area contributed by atoms with E-state index in [1.54, 1.807) is 9.36 Å². The zero-order valence-corrected chi connectivity index (χ0v) is 22.1. The number of aryl methyl sites for hydroxylation is 2. The Balaban J connectivity index is 1.70. The molecule has 5 rings (SSSR count). The molecule has 0 aliphatic heterocycles. The number of ether oxygens (including phenoxy) is 1. The van der Waals surface area contributed by atoms with E-state index < -0.39 is 5.92 Å². The quantitative estimate of drug-likeness (QED) is 0.299. The number of benzene rings is 2. The summed E-state index contributed by atoms with van der Waals surface area (Å²) in [5.41, 5.74) is 3.75. The number of para-hydroxylation sites is 2. The standard InChI is InChI=1S/C31H34N4O3/c1-4-5-20-38-26-19-13-12-18-25(26)29(27-21(2)32-34(30(27)36)23-14-8-6-9-15-23)28-22(3)33-35(31(28)37)24-16-10-7-11-17-24/h6-19,25-26,29,32-33H,4-5,20H2,1-3H3/t25-,26-/m1/s1. The number of allylic oxidation sites excluding steroid dienone is 2. The number of rotatable bonds is 9. The van der Waals surface area contributed by atoms with E-state index in [-0.39, 0.29) is 23.1 Å². The lowest BCUT2D eigenvalue weighted by Crippen LogP contribution is -2.34. The molecule has 2 heterocycles. The molecular weight excluding hydrogens is 476 g/mol. The largest absolute Gasteiger partial charge is 0.373 e. The van der Waals surface area contributed by atoms with Gasteiger partial charge >= 0.3 is 0 Å². The molecule has 1 aliphatic rings. The van der Waals surface area contributed by atoms with Gasteiger partial charge in [-0.15, -0.1) is 0 Å². The average Bonchev–Trinajstić information content (AvgIpc) is 3.41. The van der Waals surface area contributed by atoms with Gasteiger partial charge in [0.25, 0.3) is 11.1 Å². The number of aromatic amines is 2. The highest BCUT2D eigenvalue weighted by Crippen LogP contribution is 2.38. The number of H-pyrrole nitrogens is 2. The van der Waals surface area contributed by atoms with Crippen LogP contribution in [-0.4, -0.2) is 32.3 Å². The second kappa shape index (κ2) is 11.1. The molecule has 0 amide bonds. The third-order valence-corrected chi connectivity index (χ3v) is 7.20. The van der Waals surface area contributed by atoms with Crippen LogP contribution in [0.3, 0.4) is 0 Å². The smallest absolute Gasteiger partial charge is 0.275 e. The molecular formula is C31H34N4O3. The minimum absolute atomic E-state index is 0.166. The molecule has 2 N–H and O–H groups in total. The SMILES string of the molecule is CCCCO[C@@H]1C=CC=C[C@H]1C(c1c(C)[nH]n(-c2ccccc2)c1=O)c1c(C)[nH]n(-c2ccccc2)c1=O. The summed E-state index contributed by atoms with van der Waals surface area (Å²) in [6.07, 6.45) is 9.75. The van der Waals surface area contributed by atoms with Crippen molar-refractivity contribution in [2.75, 3.05) is 6.61 Å². The number of hydrogen-bond donors (Lipinski definition) is 2. The van der Waals surface area contributed by atoms with Crippen molar-refractivity contribution >= 4 is 0 Å². The zero-order valence-electron chi connectivity index (χ0n) is 22.1. The van der Waals surface area contributed by atoms with E-state index in [2.05, 4.69) is 23.2 Å². The van der Waals surface area contributed by atoms with E-state index in [0.717, 1.165) is 35.6 Å². The molecule has 0 fully saturated rings. The van der Waals surface area contributed by atoms with Crippen LogP contribution in [0.2, 0.25) is 0 Å². The number of nitrogens with one attached hydrogen (secondary N) is 2. The molecule has 1 aliphatic carbocycles. The number of unbranched alkanes of at least 4 members (excludes halogenated alkanes) is 1. The summed E-state index contributed by atoms with van der Waals surface area (Å²) >= 11 is 0. The Morgan fingerprint density at radius 1 is 0.789 bits per heavy atom. The number of nitrogens with zero attached hydrogens (tertiary/aromatic N) is 2. The molecule has 2 aromatic heterocycles. The molecule has 38 heavy (non-hydrogen) atoms. The van der Waals surface area contributed by atoms with Gasteiger partial charge in [0.1, 0.15) is 0 Å². The van der Waals surface area contributed by atoms with Crippen LogP contribution in [0, 0.1) is 19.8 Å². The summed E-state index contributed by atoms with van der Waals surface area (Å²) in [5, 5.41) is 6.53. The first kappa shape index (κ1) is 25.5. The highest BCUT2D eigenvalue weighted by Gasteiger charge is 2.38. The maximum Gasteiger partial charge on any atom is 0.275 e. The van der Waals surface area contributed by atoms with Crippen molar-refractivity contribution in [1.29, 1.82) is 0 Å². The van der Waals surface area contributed by atoms with Gasteiger partial charge in [0.2, 0.25) is 0 Å². The zero-order chi connectivity index (χ0) is 26.6. The van der Waals surface area contributed by atoms with Crippen LogP contribution >= 0.6 is 0 Å². The van der Waals surface area contributed by atoms with E-state index in [1.165, 1.54) is 0 Å². The molecule has 2 atom stereocenters. The maximum atomic E-state index is 14.0. The van der Waals surface area contributed by atoms with Crippen molar-refractivity contribution in [3.63, 3.8) is 0 Å². The second-order valence-corrected chi connectivity index (χ2v) is 9.77. The lowest BCUT2D eigenvalue weighted by molar-refractivity contribution is 0.0506. The molecule has 0 spiro atoms. The van der Waals surface area contributed by atoms with Crippen molar-refractivity contribution in [1.82, 2.24) is 19.6 Å². The number of hydrogen-bond acceptors (Lipinski definition) is 3. The minimum atomic E-state index is -0.523. The molecule has 2 aromatic carbocycles. The molecule has 0 saturated heterocycles. The molecule has 4 aromatic rings. The third-order valence-electron chi connectivity index (χ3n) is 7.20. The monoisotopic (exact) mass is 510 g/mol. The van der Waals surface area contributed by atoms with Crippen LogP contribution in [0.4, 0.5) is 0 Å². The van der Waals surface area contributed by atoms with Gasteiger partial charge < -0.3 is 4.74 Å². The van der Waals surface area contributed by atoms with E-state index in [4.69, 9.17) is 4.74 Å². The van der Waals surface area contributed by atoms with Crippen LogP contribution < -0.4 is 11.1 Å². The summed E-state index contributed by atoms with van der Waals surface area (Å²) in [5.74, 6) is -0.764. The maximum absolute atomic E-state index is 14.0. The topological polar surface area (TPSA) is 84.8 Å². The first-order valence-corrected chi connectivity index (χ1v) is 13.2. The van der Waals surface area contributed by atoms with E-state index in [1.807, 2.05) is 92.7 Å².